The molecule has 0 spiro atoms. The van der Waals surface area contributed by atoms with Crippen LogP contribution >= 0.6 is 0 Å². The molecule has 1 aliphatic heterocycles. The number of rotatable bonds is 4. The third-order valence-corrected chi connectivity index (χ3v) is 2.83. The first kappa shape index (κ1) is 10.4. The van der Waals surface area contributed by atoms with Gasteiger partial charge in [-0.25, -0.2) is 4.39 Å². The SMILES string of the molecule is CCC1OC1CCc1cc(F)ccc1O. The molecule has 1 N–H and O–H groups in total. The normalized spacial score (nSPS) is 24.1. The van der Waals surface area contributed by atoms with E-state index in [-0.39, 0.29) is 11.6 Å². The van der Waals surface area contributed by atoms with Gasteiger partial charge >= 0.3 is 0 Å². The number of hydrogen-bond acceptors (Lipinski definition) is 2. The summed E-state index contributed by atoms with van der Waals surface area (Å²) in [5.74, 6) is -0.128. The molecule has 2 atom stereocenters. The lowest BCUT2D eigenvalue weighted by atomic mass is 10.1. The van der Waals surface area contributed by atoms with Gasteiger partial charge in [0.1, 0.15) is 11.6 Å². The predicted molar refractivity (Wildman–Crippen MR) is 55.3 cm³/mol. The van der Waals surface area contributed by atoms with Crippen LogP contribution in [0.3, 0.4) is 0 Å². The number of phenolic OH excluding ortho intramolecular Hbond substituents is 1. The zero-order valence-electron chi connectivity index (χ0n) is 8.74. The van der Waals surface area contributed by atoms with Crippen LogP contribution in [0.2, 0.25) is 0 Å². The number of halogens is 1. The van der Waals surface area contributed by atoms with Crippen LogP contribution in [0, 0.1) is 5.82 Å². The summed E-state index contributed by atoms with van der Waals surface area (Å²) in [5.41, 5.74) is 0.667. The molecule has 0 amide bonds. The Morgan fingerprint density at radius 1 is 1.40 bits per heavy atom. The highest BCUT2D eigenvalue weighted by Crippen LogP contribution is 2.30. The van der Waals surface area contributed by atoms with Crippen LogP contribution < -0.4 is 0 Å². The highest BCUT2D eigenvalue weighted by molar-refractivity contribution is 5.32. The smallest absolute Gasteiger partial charge is 0.123 e. The Labute approximate surface area is 88.7 Å². The van der Waals surface area contributed by atoms with Gasteiger partial charge in [-0.05, 0) is 43.0 Å². The lowest BCUT2D eigenvalue weighted by molar-refractivity contribution is 0.359. The Morgan fingerprint density at radius 3 is 2.87 bits per heavy atom. The first-order valence-electron chi connectivity index (χ1n) is 5.33. The highest BCUT2D eigenvalue weighted by atomic mass is 19.1. The van der Waals surface area contributed by atoms with E-state index in [4.69, 9.17) is 4.74 Å². The maximum absolute atomic E-state index is 12.9. The number of aromatic hydroxyl groups is 1. The first-order valence-corrected chi connectivity index (χ1v) is 5.33. The largest absolute Gasteiger partial charge is 0.508 e. The molecular weight excluding hydrogens is 195 g/mol. The number of phenols is 1. The van der Waals surface area contributed by atoms with Gasteiger partial charge in [-0.15, -0.1) is 0 Å². The summed E-state index contributed by atoms with van der Waals surface area (Å²) >= 11 is 0. The standard InChI is InChI=1S/C12H15FO2/c1-2-11-12(15-11)6-3-8-7-9(13)4-5-10(8)14/h4-5,7,11-12,14H,2-3,6H2,1H3. The van der Waals surface area contributed by atoms with E-state index in [1.807, 2.05) is 0 Å². The fraction of sp³-hybridized carbons (Fsp3) is 0.500. The second-order valence-electron chi connectivity index (χ2n) is 3.93. The minimum Gasteiger partial charge on any atom is -0.508 e. The van der Waals surface area contributed by atoms with E-state index in [0.717, 1.165) is 12.8 Å². The minimum atomic E-state index is -0.299. The molecule has 2 unspecified atom stereocenters. The van der Waals surface area contributed by atoms with Crippen molar-refractivity contribution in [3.8, 4) is 5.75 Å². The van der Waals surface area contributed by atoms with Gasteiger partial charge in [0.2, 0.25) is 0 Å². The van der Waals surface area contributed by atoms with Crippen molar-refractivity contribution < 1.29 is 14.2 Å². The minimum absolute atomic E-state index is 0.171. The molecule has 0 aromatic heterocycles. The maximum atomic E-state index is 12.9. The van der Waals surface area contributed by atoms with E-state index in [0.29, 0.717) is 24.2 Å². The van der Waals surface area contributed by atoms with Gasteiger partial charge in [0, 0.05) is 0 Å². The third-order valence-electron chi connectivity index (χ3n) is 2.83. The Balaban J connectivity index is 1.91. The van der Waals surface area contributed by atoms with Crippen molar-refractivity contribution >= 4 is 0 Å². The third kappa shape index (κ3) is 2.48. The second kappa shape index (κ2) is 4.19. The number of ether oxygens (including phenoxy) is 1. The molecule has 2 nitrogen and oxygen atoms in total. The molecule has 0 radical (unpaired) electrons. The summed E-state index contributed by atoms with van der Waals surface area (Å²) in [6.07, 6.45) is 3.23. The van der Waals surface area contributed by atoms with Gasteiger partial charge < -0.3 is 9.84 Å². The molecule has 15 heavy (non-hydrogen) atoms. The topological polar surface area (TPSA) is 32.8 Å². The van der Waals surface area contributed by atoms with Crippen LogP contribution in [-0.2, 0) is 11.2 Å². The van der Waals surface area contributed by atoms with Crippen LogP contribution in [0.4, 0.5) is 4.39 Å². The fourth-order valence-corrected chi connectivity index (χ4v) is 1.84. The molecule has 0 bridgehead atoms. The van der Waals surface area contributed by atoms with E-state index >= 15 is 0 Å². The van der Waals surface area contributed by atoms with Crippen LogP contribution in [0.1, 0.15) is 25.3 Å². The van der Waals surface area contributed by atoms with E-state index in [9.17, 15) is 9.50 Å². The summed E-state index contributed by atoms with van der Waals surface area (Å²) in [7, 11) is 0. The highest BCUT2D eigenvalue weighted by Gasteiger charge is 2.36. The van der Waals surface area contributed by atoms with E-state index in [1.165, 1.54) is 18.2 Å². The van der Waals surface area contributed by atoms with Crippen molar-refractivity contribution in [3.63, 3.8) is 0 Å². The van der Waals surface area contributed by atoms with Crippen molar-refractivity contribution in [2.75, 3.05) is 0 Å². The molecule has 1 saturated heterocycles. The Bertz CT molecular complexity index is 351. The summed E-state index contributed by atoms with van der Waals surface area (Å²) in [4.78, 5) is 0. The van der Waals surface area contributed by atoms with Crippen LogP contribution in [0.25, 0.3) is 0 Å². The van der Waals surface area contributed by atoms with Crippen LogP contribution in [0.5, 0.6) is 5.75 Å². The van der Waals surface area contributed by atoms with Gasteiger partial charge in [-0.3, -0.25) is 0 Å². The molecule has 2 rings (SSSR count). The monoisotopic (exact) mass is 210 g/mol. The Morgan fingerprint density at radius 2 is 2.20 bits per heavy atom. The lowest BCUT2D eigenvalue weighted by Gasteiger charge is -2.02. The lowest BCUT2D eigenvalue weighted by Crippen LogP contribution is -1.96. The summed E-state index contributed by atoms with van der Waals surface area (Å²) in [5, 5.41) is 9.48. The molecule has 3 heteroatoms. The zero-order chi connectivity index (χ0) is 10.8. The summed E-state index contributed by atoms with van der Waals surface area (Å²) in [6, 6.07) is 4.05. The van der Waals surface area contributed by atoms with Gasteiger partial charge in [0.25, 0.3) is 0 Å². The average Bonchev–Trinajstić information content (AvgIpc) is 2.98. The molecule has 1 heterocycles. The Hall–Kier alpha value is -1.09. The van der Waals surface area contributed by atoms with Gasteiger partial charge in [0.05, 0.1) is 12.2 Å². The fourth-order valence-electron chi connectivity index (χ4n) is 1.84. The van der Waals surface area contributed by atoms with Crippen molar-refractivity contribution in [1.82, 2.24) is 0 Å². The van der Waals surface area contributed by atoms with Crippen molar-refractivity contribution in [2.24, 2.45) is 0 Å². The molecule has 1 aromatic rings. The van der Waals surface area contributed by atoms with Crippen molar-refractivity contribution in [1.29, 1.82) is 0 Å². The van der Waals surface area contributed by atoms with Crippen LogP contribution in [-0.4, -0.2) is 17.3 Å². The van der Waals surface area contributed by atoms with E-state index in [1.54, 1.807) is 0 Å². The number of epoxide rings is 1. The van der Waals surface area contributed by atoms with Crippen molar-refractivity contribution in [3.05, 3.63) is 29.6 Å². The molecular formula is C12H15FO2. The molecule has 1 aliphatic rings. The predicted octanol–water partition coefficient (Wildman–Crippen LogP) is 2.64. The average molecular weight is 210 g/mol. The van der Waals surface area contributed by atoms with Gasteiger partial charge in [-0.2, -0.15) is 0 Å². The maximum Gasteiger partial charge on any atom is 0.123 e. The quantitative estimate of drug-likeness (QED) is 0.775. The second-order valence-corrected chi connectivity index (χ2v) is 3.93. The molecule has 1 aromatic carbocycles. The number of hydrogen-bond donors (Lipinski definition) is 1. The zero-order valence-corrected chi connectivity index (χ0v) is 8.74. The molecule has 82 valence electrons. The van der Waals surface area contributed by atoms with Gasteiger partial charge in [-0.1, -0.05) is 6.92 Å². The molecule has 1 fully saturated rings. The van der Waals surface area contributed by atoms with E-state index < -0.39 is 0 Å². The van der Waals surface area contributed by atoms with E-state index in [2.05, 4.69) is 6.92 Å². The summed E-state index contributed by atoms with van der Waals surface area (Å²) in [6.45, 7) is 2.09. The molecule has 0 aliphatic carbocycles. The number of benzene rings is 1. The number of aryl methyl sites for hydroxylation is 1. The summed E-state index contributed by atoms with van der Waals surface area (Å²) < 4.78 is 18.3. The van der Waals surface area contributed by atoms with Gasteiger partial charge in [0.15, 0.2) is 0 Å². The first-order chi connectivity index (χ1) is 7.20. The molecule has 0 saturated carbocycles. The van der Waals surface area contributed by atoms with Crippen molar-refractivity contribution in [2.45, 2.75) is 38.4 Å². The van der Waals surface area contributed by atoms with Crippen LogP contribution in [0.15, 0.2) is 18.2 Å². The Kier molecular flexibility index (Phi) is 2.91.